The normalized spacial score (nSPS) is 21.2. The summed E-state index contributed by atoms with van der Waals surface area (Å²) >= 11 is 0. The maximum Gasteiger partial charge on any atom is 0.284 e. The van der Waals surface area contributed by atoms with E-state index in [-0.39, 0.29) is 18.3 Å². The number of ether oxygens (including phenoxy) is 2. The molecule has 0 bridgehead atoms. The van der Waals surface area contributed by atoms with Gasteiger partial charge in [-0.15, -0.1) is 0 Å². The highest BCUT2D eigenvalue weighted by Crippen LogP contribution is 2.48. The smallest absolute Gasteiger partial charge is 0.284 e. The number of imidazole rings is 1. The number of hydrogen-bond acceptors (Lipinski definition) is 7. The van der Waals surface area contributed by atoms with Crippen molar-refractivity contribution in [1.29, 1.82) is 0 Å². The van der Waals surface area contributed by atoms with E-state index < -0.39 is 30.0 Å². The number of nitrogens with zero attached hydrogens (tertiary/aromatic N) is 3. The SMILES string of the molecule is C[C@H](Nc1ccc2c(c1)OC1(CC1)Cn1cc(N3C(=C=O)OC[C@H]3C(F)F)nc1-2)C(N)=O. The Labute approximate surface area is 181 Å². The highest BCUT2D eigenvalue weighted by molar-refractivity contribution is 5.83. The molecule has 1 saturated carbocycles. The first kappa shape index (κ1) is 20.3. The number of primary amides is 1. The maximum absolute atomic E-state index is 13.6. The van der Waals surface area contributed by atoms with Gasteiger partial charge in [-0.2, -0.15) is 0 Å². The number of nitrogens with two attached hydrogens (primary N) is 1. The Hall–Kier alpha value is -3.59. The third-order valence-electron chi connectivity index (χ3n) is 5.96. The van der Waals surface area contributed by atoms with E-state index in [9.17, 15) is 18.4 Å². The standard InChI is InChI=1S/C21H21F2N5O4/c1-11(19(24)30)25-12-2-3-13-15(6-12)32-21(4-5-21)10-27-7-16(26-20(13)27)28-14(18(22)23)9-31-17(28)8-29/h2-3,6-7,11,14,18,25H,4-5,9-10H2,1H3,(H2,24,30)/t11-,14-/m0/s1. The molecule has 3 N–H and O–H groups in total. The summed E-state index contributed by atoms with van der Waals surface area (Å²) in [5, 5.41) is 3.03. The highest BCUT2D eigenvalue weighted by Gasteiger charge is 2.49. The third kappa shape index (κ3) is 3.34. The molecule has 2 aromatic rings. The molecule has 5 rings (SSSR count). The molecule has 1 spiro atoms. The largest absolute Gasteiger partial charge is 0.485 e. The number of halogens is 2. The van der Waals surface area contributed by atoms with Gasteiger partial charge in [0, 0.05) is 18.0 Å². The molecule has 168 valence electrons. The molecule has 32 heavy (non-hydrogen) atoms. The highest BCUT2D eigenvalue weighted by atomic mass is 19.3. The molecule has 3 aliphatic rings. The lowest BCUT2D eigenvalue weighted by Crippen LogP contribution is -2.36. The van der Waals surface area contributed by atoms with E-state index in [1.165, 1.54) is 0 Å². The molecule has 2 atom stereocenters. The van der Waals surface area contributed by atoms with Crippen molar-refractivity contribution in [3.05, 3.63) is 30.3 Å². The number of aromatic nitrogens is 2. The first-order chi connectivity index (χ1) is 15.3. The van der Waals surface area contributed by atoms with Crippen LogP contribution in [-0.4, -0.2) is 52.1 Å². The van der Waals surface area contributed by atoms with Gasteiger partial charge in [-0.25, -0.2) is 18.6 Å². The van der Waals surface area contributed by atoms with Gasteiger partial charge >= 0.3 is 0 Å². The van der Waals surface area contributed by atoms with Gasteiger partial charge in [0.2, 0.25) is 5.91 Å². The van der Waals surface area contributed by atoms with Crippen molar-refractivity contribution in [2.75, 3.05) is 16.8 Å². The number of carbonyl (C=O) groups excluding carboxylic acids is 2. The zero-order valence-corrected chi connectivity index (χ0v) is 17.2. The predicted molar refractivity (Wildman–Crippen MR) is 110 cm³/mol. The van der Waals surface area contributed by atoms with Crippen LogP contribution in [0.2, 0.25) is 0 Å². The minimum absolute atomic E-state index is 0.189. The van der Waals surface area contributed by atoms with Crippen LogP contribution < -0.4 is 20.7 Å². The van der Waals surface area contributed by atoms with Crippen LogP contribution in [0.5, 0.6) is 5.75 Å². The van der Waals surface area contributed by atoms with Crippen LogP contribution >= 0.6 is 0 Å². The second kappa shape index (κ2) is 7.23. The molecule has 0 unspecified atom stereocenters. The van der Waals surface area contributed by atoms with Gasteiger partial charge in [0.1, 0.15) is 35.9 Å². The summed E-state index contributed by atoms with van der Waals surface area (Å²) in [6, 6.07) is 3.44. The second-order valence-corrected chi connectivity index (χ2v) is 8.31. The van der Waals surface area contributed by atoms with Gasteiger partial charge in [0.25, 0.3) is 12.3 Å². The van der Waals surface area contributed by atoms with Gasteiger partial charge in [-0.1, -0.05) is 0 Å². The first-order valence-corrected chi connectivity index (χ1v) is 10.2. The minimum Gasteiger partial charge on any atom is -0.485 e. The van der Waals surface area contributed by atoms with Crippen molar-refractivity contribution < 1.29 is 27.8 Å². The second-order valence-electron chi connectivity index (χ2n) is 8.31. The molecule has 1 aromatic carbocycles. The predicted octanol–water partition coefficient (Wildman–Crippen LogP) is 1.90. The summed E-state index contributed by atoms with van der Waals surface area (Å²) < 4.78 is 40.4. The topological polar surface area (TPSA) is 112 Å². The Kier molecular flexibility index (Phi) is 4.59. The van der Waals surface area contributed by atoms with E-state index in [2.05, 4.69) is 10.3 Å². The lowest BCUT2D eigenvalue weighted by molar-refractivity contribution is -0.118. The van der Waals surface area contributed by atoms with Crippen LogP contribution in [0.4, 0.5) is 20.3 Å². The molecule has 0 radical (unpaired) electrons. The molecule has 1 saturated heterocycles. The van der Waals surface area contributed by atoms with Gasteiger partial charge in [-0.05, 0) is 31.9 Å². The molecule has 1 amide bonds. The fraction of sp³-hybridized carbons (Fsp3) is 0.429. The zero-order chi connectivity index (χ0) is 22.6. The number of carbonyl (C=O) groups is 1. The number of hydrogen-bond donors (Lipinski definition) is 2. The first-order valence-electron chi connectivity index (χ1n) is 10.2. The number of alkyl halides is 2. The average molecular weight is 445 g/mol. The van der Waals surface area contributed by atoms with Crippen LogP contribution in [0.3, 0.4) is 0 Å². The van der Waals surface area contributed by atoms with E-state index >= 15 is 0 Å². The number of rotatable bonds is 5. The minimum atomic E-state index is -2.73. The molecule has 1 aliphatic carbocycles. The number of benzene rings is 1. The summed E-state index contributed by atoms with van der Waals surface area (Å²) in [5.74, 6) is 2.08. The fourth-order valence-corrected chi connectivity index (χ4v) is 4.03. The number of nitrogens with one attached hydrogen (secondary N) is 1. The molecule has 2 aliphatic heterocycles. The molecular weight excluding hydrogens is 424 g/mol. The van der Waals surface area contributed by atoms with E-state index in [4.69, 9.17) is 15.2 Å². The van der Waals surface area contributed by atoms with E-state index in [1.807, 2.05) is 4.57 Å². The quantitative estimate of drug-likeness (QED) is 0.676. The van der Waals surface area contributed by atoms with Crippen molar-refractivity contribution in [1.82, 2.24) is 9.55 Å². The monoisotopic (exact) mass is 445 g/mol. The van der Waals surface area contributed by atoms with Crippen molar-refractivity contribution in [3.8, 4) is 17.1 Å². The molecular formula is C21H21F2N5O4. The summed E-state index contributed by atoms with van der Waals surface area (Å²) in [4.78, 5) is 28.3. The van der Waals surface area contributed by atoms with Crippen molar-refractivity contribution in [2.24, 2.45) is 5.73 Å². The maximum atomic E-state index is 13.6. The van der Waals surface area contributed by atoms with Crippen LogP contribution in [0.15, 0.2) is 30.3 Å². The van der Waals surface area contributed by atoms with E-state index in [0.717, 1.165) is 17.7 Å². The van der Waals surface area contributed by atoms with Crippen LogP contribution in [0.1, 0.15) is 19.8 Å². The zero-order valence-electron chi connectivity index (χ0n) is 17.2. The Balaban J connectivity index is 1.56. The van der Waals surface area contributed by atoms with Gasteiger partial charge in [-0.3, -0.25) is 9.69 Å². The van der Waals surface area contributed by atoms with E-state index in [1.54, 1.807) is 37.3 Å². The Morgan fingerprint density at radius 1 is 1.41 bits per heavy atom. The number of fused-ring (bicyclic) bond motifs is 3. The Morgan fingerprint density at radius 3 is 2.84 bits per heavy atom. The van der Waals surface area contributed by atoms with Crippen molar-refractivity contribution >= 4 is 23.4 Å². The molecule has 1 aromatic heterocycles. The fourth-order valence-electron chi connectivity index (χ4n) is 4.03. The summed E-state index contributed by atoms with van der Waals surface area (Å²) in [7, 11) is 0. The third-order valence-corrected chi connectivity index (χ3v) is 5.96. The Bertz CT molecular complexity index is 1140. The average Bonchev–Trinajstić information content (AvgIpc) is 3.20. The summed E-state index contributed by atoms with van der Waals surface area (Å²) in [6.07, 6.45) is 0.575. The lowest BCUT2D eigenvalue weighted by atomic mass is 10.1. The van der Waals surface area contributed by atoms with Crippen molar-refractivity contribution in [2.45, 2.75) is 50.4 Å². The summed E-state index contributed by atoms with van der Waals surface area (Å²) in [5.41, 5.74) is 6.24. The van der Waals surface area contributed by atoms with Crippen LogP contribution in [-0.2, 0) is 20.9 Å². The molecule has 2 fully saturated rings. The van der Waals surface area contributed by atoms with Gasteiger partial charge in [0.05, 0.1) is 12.1 Å². The molecule has 9 nitrogen and oxygen atoms in total. The van der Waals surface area contributed by atoms with E-state index in [0.29, 0.717) is 29.4 Å². The molecule has 11 heteroatoms. The molecule has 3 heterocycles. The van der Waals surface area contributed by atoms with Crippen molar-refractivity contribution in [3.63, 3.8) is 0 Å². The number of amides is 1. The lowest BCUT2D eigenvalue weighted by Gasteiger charge is -2.20. The van der Waals surface area contributed by atoms with Gasteiger partial charge in [0.15, 0.2) is 11.8 Å². The van der Waals surface area contributed by atoms with Crippen LogP contribution in [0, 0.1) is 0 Å². The Morgan fingerprint density at radius 2 is 2.19 bits per heavy atom. The van der Waals surface area contributed by atoms with Gasteiger partial charge < -0.3 is 25.1 Å². The number of anilines is 2. The van der Waals surface area contributed by atoms with Crippen LogP contribution in [0.25, 0.3) is 11.4 Å². The summed E-state index contributed by atoms with van der Waals surface area (Å²) in [6.45, 7) is 1.83.